The van der Waals surface area contributed by atoms with Gasteiger partial charge in [-0.05, 0) is 50.3 Å². The van der Waals surface area contributed by atoms with Gasteiger partial charge in [-0.2, -0.15) is 0 Å². The van der Waals surface area contributed by atoms with Crippen LogP contribution in [-0.2, 0) is 10.3 Å². The number of hydrogen-bond acceptors (Lipinski definition) is 5. The highest BCUT2D eigenvalue weighted by Crippen LogP contribution is 2.36. The van der Waals surface area contributed by atoms with E-state index in [1.165, 1.54) is 32.0 Å². The van der Waals surface area contributed by atoms with Crippen LogP contribution in [0.2, 0.25) is 0 Å². The summed E-state index contributed by atoms with van der Waals surface area (Å²) in [5.74, 6) is 0.350. The van der Waals surface area contributed by atoms with Crippen molar-refractivity contribution in [3.8, 4) is 0 Å². The summed E-state index contributed by atoms with van der Waals surface area (Å²) in [6.45, 7) is 11.9. The van der Waals surface area contributed by atoms with Gasteiger partial charge in [0.2, 0.25) is 0 Å². The maximum absolute atomic E-state index is 13.5. The summed E-state index contributed by atoms with van der Waals surface area (Å²) in [7, 11) is 1.83. The summed E-state index contributed by atoms with van der Waals surface area (Å²) in [6, 6.07) is 10.5. The van der Waals surface area contributed by atoms with E-state index in [0.717, 1.165) is 30.1 Å². The molecule has 2 atom stereocenters. The third kappa shape index (κ3) is 11.1. The minimum absolute atomic E-state index is 0.0704. The molecule has 204 valence electrons. The first-order chi connectivity index (χ1) is 17.3. The van der Waals surface area contributed by atoms with Crippen molar-refractivity contribution in [2.24, 2.45) is 22.4 Å². The molecule has 2 rings (SSSR count). The number of amides is 1. The second-order valence-electron chi connectivity index (χ2n) is 9.15. The first kappa shape index (κ1) is 33.5. The highest BCUT2D eigenvalue weighted by Gasteiger charge is 2.43. The maximum atomic E-state index is 13.5. The summed E-state index contributed by atoms with van der Waals surface area (Å²) >= 11 is 0. The molecule has 0 heterocycles. The zero-order valence-electron chi connectivity index (χ0n) is 23.4. The van der Waals surface area contributed by atoms with E-state index < -0.39 is 5.54 Å². The van der Waals surface area contributed by atoms with E-state index in [2.05, 4.69) is 36.8 Å². The molecule has 0 radical (unpaired) electrons. The van der Waals surface area contributed by atoms with E-state index in [1.807, 2.05) is 69.5 Å². The van der Waals surface area contributed by atoms with Crippen LogP contribution in [0.15, 0.2) is 59.1 Å². The molecule has 1 amide bonds. The van der Waals surface area contributed by atoms with Gasteiger partial charge < -0.3 is 26.8 Å². The predicted molar refractivity (Wildman–Crippen MR) is 154 cm³/mol. The van der Waals surface area contributed by atoms with Crippen LogP contribution in [0.3, 0.4) is 0 Å². The molecule has 1 fully saturated rings. The third-order valence-corrected chi connectivity index (χ3v) is 6.36. The van der Waals surface area contributed by atoms with Gasteiger partial charge in [-0.1, -0.05) is 88.6 Å². The van der Waals surface area contributed by atoms with Crippen molar-refractivity contribution in [1.82, 2.24) is 10.2 Å². The van der Waals surface area contributed by atoms with Crippen molar-refractivity contribution in [3.63, 3.8) is 0 Å². The van der Waals surface area contributed by atoms with E-state index in [-0.39, 0.29) is 12.6 Å². The van der Waals surface area contributed by atoms with Gasteiger partial charge in [-0.3, -0.25) is 9.79 Å². The van der Waals surface area contributed by atoms with Gasteiger partial charge in [0.1, 0.15) is 0 Å². The van der Waals surface area contributed by atoms with E-state index in [9.17, 15) is 4.79 Å². The Kier molecular flexibility index (Phi) is 18.3. The van der Waals surface area contributed by atoms with Gasteiger partial charge in [0.15, 0.2) is 5.54 Å². The topological polar surface area (TPSA) is 117 Å². The molecule has 1 aromatic rings. The number of rotatable bonds is 10. The van der Waals surface area contributed by atoms with Crippen molar-refractivity contribution in [2.45, 2.75) is 78.3 Å². The molecule has 36 heavy (non-hydrogen) atoms. The molecular formula is C29H51N5O2. The molecule has 0 bridgehead atoms. The molecule has 0 aliphatic heterocycles. The van der Waals surface area contributed by atoms with Gasteiger partial charge in [0.25, 0.3) is 5.91 Å². The molecular weight excluding hydrogens is 450 g/mol. The van der Waals surface area contributed by atoms with Crippen LogP contribution >= 0.6 is 0 Å². The van der Waals surface area contributed by atoms with Gasteiger partial charge in [-0.15, -0.1) is 0 Å². The normalized spacial score (nSPS) is 16.6. The third-order valence-electron chi connectivity index (χ3n) is 6.36. The number of nitrogens with zero attached hydrogens (tertiary/aromatic N) is 2. The van der Waals surface area contributed by atoms with Gasteiger partial charge in [-0.25, -0.2) is 0 Å². The summed E-state index contributed by atoms with van der Waals surface area (Å²) in [4.78, 5) is 19.8. The number of aliphatic hydroxyl groups is 1. The number of benzene rings is 1. The lowest BCUT2D eigenvalue weighted by Gasteiger charge is -2.35. The summed E-state index contributed by atoms with van der Waals surface area (Å²) in [5, 5.41) is 10.8. The van der Waals surface area contributed by atoms with Crippen molar-refractivity contribution in [1.29, 1.82) is 0 Å². The molecule has 1 aliphatic rings. The standard InChI is InChI=1S/C21H31N3O.C7H15N.CH5NO/c1-6-8-12-18(4)21(23-16-22,19-13-10-9-11-14-19)20(25)24(5)15-17(3)7-2;1-2-8-7-5-3-4-6-7;2-1-3/h6,8-14,16-17H,7,15H2,1-5H3,(H2,22,23);7-8H,2-6H2,1H3;3H,1-2H2/b8-6-,18-12+;;. The highest BCUT2D eigenvalue weighted by atomic mass is 16.3. The number of hydrogen-bond donors (Lipinski definition) is 4. The summed E-state index contributed by atoms with van der Waals surface area (Å²) in [6.07, 6.45) is 13.7. The fourth-order valence-electron chi connectivity index (χ4n) is 4.28. The minimum Gasteiger partial charge on any atom is -0.390 e. The number of carbonyl (C=O) groups is 1. The molecule has 7 heteroatoms. The van der Waals surface area contributed by atoms with Crippen LogP contribution in [0.1, 0.15) is 72.3 Å². The van der Waals surface area contributed by atoms with Crippen LogP contribution in [0.5, 0.6) is 0 Å². The fraction of sp³-hybridized carbons (Fsp3) is 0.586. The number of aliphatic imine (C=N–C) groups is 1. The maximum Gasteiger partial charge on any atom is 0.259 e. The summed E-state index contributed by atoms with van der Waals surface area (Å²) < 4.78 is 0. The molecule has 6 N–H and O–H groups in total. The lowest BCUT2D eigenvalue weighted by Crippen LogP contribution is -2.46. The fourth-order valence-corrected chi connectivity index (χ4v) is 4.28. The minimum atomic E-state index is -1.14. The Balaban J connectivity index is 0.000000917. The Bertz CT molecular complexity index is 788. The van der Waals surface area contributed by atoms with Gasteiger partial charge in [0, 0.05) is 19.6 Å². The molecule has 0 aromatic heterocycles. The van der Waals surface area contributed by atoms with Crippen molar-refractivity contribution < 1.29 is 9.90 Å². The average molecular weight is 502 g/mol. The SMILES string of the molecule is C/C=C\C=C(/C)C(N=CN)(C(=O)N(C)CC(C)CC)c1ccccc1.CCNC1CCCC1.NCO. The first-order valence-electron chi connectivity index (χ1n) is 13.2. The monoisotopic (exact) mass is 501 g/mol. The smallest absolute Gasteiger partial charge is 0.259 e. The second kappa shape index (κ2) is 19.7. The molecule has 0 spiro atoms. The molecule has 1 saturated carbocycles. The lowest BCUT2D eigenvalue weighted by molar-refractivity contribution is -0.135. The first-order valence-corrected chi connectivity index (χ1v) is 13.2. The molecule has 7 nitrogen and oxygen atoms in total. The van der Waals surface area contributed by atoms with Gasteiger partial charge in [0.05, 0.1) is 13.1 Å². The van der Waals surface area contributed by atoms with Crippen LogP contribution in [-0.4, -0.2) is 55.2 Å². The van der Waals surface area contributed by atoms with Crippen molar-refractivity contribution >= 4 is 12.2 Å². The van der Waals surface area contributed by atoms with Crippen LogP contribution in [0.4, 0.5) is 0 Å². The number of allylic oxidation sites excluding steroid dienone is 3. The predicted octanol–water partition coefficient (Wildman–Crippen LogP) is 4.33. The van der Waals surface area contributed by atoms with Crippen molar-refractivity contribution in [2.75, 3.05) is 26.9 Å². The number of aliphatic hydroxyl groups excluding tert-OH is 1. The Morgan fingerprint density at radius 3 is 2.33 bits per heavy atom. The summed E-state index contributed by atoms with van der Waals surface area (Å²) in [5.41, 5.74) is 10.6. The quantitative estimate of drug-likeness (QED) is 0.165. The largest absolute Gasteiger partial charge is 0.390 e. The number of likely N-dealkylation sites (N-methyl/N-ethyl adjacent to an activating group) is 1. The number of carbonyl (C=O) groups excluding carboxylic acids is 1. The lowest BCUT2D eigenvalue weighted by atomic mass is 9.81. The van der Waals surface area contributed by atoms with E-state index in [1.54, 1.807) is 4.90 Å². The van der Waals surface area contributed by atoms with E-state index >= 15 is 0 Å². The zero-order chi connectivity index (χ0) is 27.4. The Morgan fingerprint density at radius 1 is 1.28 bits per heavy atom. The zero-order valence-corrected chi connectivity index (χ0v) is 23.4. The Hall–Kier alpha value is -2.48. The van der Waals surface area contributed by atoms with Crippen molar-refractivity contribution in [3.05, 3.63) is 59.7 Å². The average Bonchev–Trinajstić information content (AvgIpc) is 3.40. The molecule has 0 saturated heterocycles. The second-order valence-corrected chi connectivity index (χ2v) is 9.15. The molecule has 1 aliphatic carbocycles. The Morgan fingerprint density at radius 2 is 1.86 bits per heavy atom. The van der Waals surface area contributed by atoms with Crippen LogP contribution < -0.4 is 16.8 Å². The number of nitrogens with two attached hydrogens (primary N) is 2. The Labute approximate surface area is 219 Å². The van der Waals surface area contributed by atoms with Gasteiger partial charge >= 0.3 is 0 Å². The molecule has 1 aromatic carbocycles. The van der Waals surface area contributed by atoms with E-state index in [4.69, 9.17) is 10.8 Å². The van der Waals surface area contributed by atoms with E-state index in [0.29, 0.717) is 12.5 Å². The van der Waals surface area contributed by atoms with Crippen LogP contribution in [0.25, 0.3) is 0 Å². The van der Waals surface area contributed by atoms with Crippen LogP contribution in [0, 0.1) is 5.92 Å². The highest BCUT2D eigenvalue weighted by molar-refractivity contribution is 5.92. The molecule has 2 unspecified atom stereocenters. The number of nitrogens with one attached hydrogen (secondary N) is 1.